The van der Waals surface area contributed by atoms with Crippen LogP contribution in [0.15, 0.2) is 30.6 Å². The third kappa shape index (κ3) is 2.41. The number of hydrogen-bond acceptors (Lipinski definition) is 2. The van der Waals surface area contributed by atoms with Gasteiger partial charge >= 0.3 is 5.97 Å². The second kappa shape index (κ2) is 4.37. The lowest BCUT2D eigenvalue weighted by Crippen LogP contribution is -1.99. The summed E-state index contributed by atoms with van der Waals surface area (Å²) in [5.41, 5.74) is 1.01. The summed E-state index contributed by atoms with van der Waals surface area (Å²) in [7, 11) is 0. The fourth-order valence-electron chi connectivity index (χ4n) is 1.46. The average Bonchev–Trinajstić information content (AvgIpc) is 2.69. The maximum absolute atomic E-state index is 10.8. The molecular weight excluding hydrogens is 228 g/mol. The Balaban J connectivity index is 2.31. The third-order valence-corrected chi connectivity index (χ3v) is 2.35. The van der Waals surface area contributed by atoms with E-state index in [1.165, 1.54) is 6.07 Å². The van der Waals surface area contributed by atoms with Crippen molar-refractivity contribution in [1.29, 1.82) is 0 Å². The molecule has 82 valence electrons. The summed E-state index contributed by atoms with van der Waals surface area (Å²) in [5.74, 6) is -0.207. The number of aromatic carboxylic acids is 1. The van der Waals surface area contributed by atoms with E-state index in [9.17, 15) is 4.79 Å². The van der Waals surface area contributed by atoms with E-state index in [0.29, 0.717) is 11.4 Å². The third-order valence-electron chi connectivity index (χ3n) is 2.13. The Morgan fingerprint density at radius 2 is 2.25 bits per heavy atom. The zero-order valence-corrected chi connectivity index (χ0v) is 9.03. The fourth-order valence-corrected chi connectivity index (χ4v) is 1.72. The van der Waals surface area contributed by atoms with Crippen LogP contribution in [-0.4, -0.2) is 21.0 Å². The molecule has 0 atom stereocenters. The van der Waals surface area contributed by atoms with Gasteiger partial charge in [0, 0.05) is 23.8 Å². The van der Waals surface area contributed by atoms with Crippen molar-refractivity contribution in [3.05, 3.63) is 52.6 Å². The van der Waals surface area contributed by atoms with Crippen molar-refractivity contribution in [2.75, 3.05) is 0 Å². The zero-order valence-electron chi connectivity index (χ0n) is 8.27. The van der Waals surface area contributed by atoms with Gasteiger partial charge < -0.3 is 10.1 Å². The Kier molecular flexibility index (Phi) is 2.92. The Bertz CT molecular complexity index is 509. The topological polar surface area (TPSA) is 66.0 Å². The number of aromatic nitrogens is 2. The molecular formula is C11H9ClN2O2. The van der Waals surface area contributed by atoms with E-state index in [1.54, 1.807) is 24.5 Å². The van der Waals surface area contributed by atoms with Crippen LogP contribution in [0.4, 0.5) is 0 Å². The van der Waals surface area contributed by atoms with Gasteiger partial charge in [-0.1, -0.05) is 11.6 Å². The Morgan fingerprint density at radius 3 is 2.88 bits per heavy atom. The highest BCUT2D eigenvalue weighted by Gasteiger charge is 2.07. The van der Waals surface area contributed by atoms with Crippen molar-refractivity contribution < 1.29 is 9.90 Å². The largest absolute Gasteiger partial charge is 0.478 e. The zero-order chi connectivity index (χ0) is 11.5. The number of halogens is 1. The van der Waals surface area contributed by atoms with Gasteiger partial charge in [0.15, 0.2) is 0 Å². The summed E-state index contributed by atoms with van der Waals surface area (Å²) in [4.78, 5) is 17.8. The molecule has 1 heterocycles. The smallest absolute Gasteiger partial charge is 0.335 e. The summed E-state index contributed by atoms with van der Waals surface area (Å²) in [6.07, 6.45) is 3.91. The van der Waals surface area contributed by atoms with Crippen molar-refractivity contribution in [1.82, 2.24) is 9.97 Å². The first-order valence-corrected chi connectivity index (χ1v) is 5.04. The predicted molar refractivity (Wildman–Crippen MR) is 59.8 cm³/mol. The highest BCUT2D eigenvalue weighted by atomic mass is 35.5. The number of hydrogen-bond donors (Lipinski definition) is 2. The van der Waals surface area contributed by atoms with Crippen molar-refractivity contribution >= 4 is 17.6 Å². The second-order valence-corrected chi connectivity index (χ2v) is 3.80. The summed E-state index contributed by atoms with van der Waals surface area (Å²) in [6.45, 7) is 0. The first-order chi connectivity index (χ1) is 7.65. The van der Waals surface area contributed by atoms with E-state index in [4.69, 9.17) is 16.7 Å². The van der Waals surface area contributed by atoms with E-state index >= 15 is 0 Å². The van der Waals surface area contributed by atoms with Gasteiger partial charge in [0.1, 0.15) is 5.82 Å². The molecule has 2 aromatic rings. The van der Waals surface area contributed by atoms with Gasteiger partial charge in [0.05, 0.1) is 5.56 Å². The van der Waals surface area contributed by atoms with E-state index in [-0.39, 0.29) is 5.56 Å². The molecule has 1 aromatic heterocycles. The van der Waals surface area contributed by atoms with E-state index in [2.05, 4.69) is 9.97 Å². The molecule has 0 spiro atoms. The highest BCUT2D eigenvalue weighted by Crippen LogP contribution is 2.17. The molecule has 0 fully saturated rings. The lowest BCUT2D eigenvalue weighted by atomic mass is 10.1. The number of carboxylic acids is 1. The average molecular weight is 237 g/mol. The molecule has 0 bridgehead atoms. The van der Waals surface area contributed by atoms with Crippen LogP contribution < -0.4 is 0 Å². The second-order valence-electron chi connectivity index (χ2n) is 3.37. The number of benzene rings is 1. The molecule has 1 aromatic carbocycles. The van der Waals surface area contributed by atoms with Gasteiger partial charge in [-0.15, -0.1) is 0 Å². The van der Waals surface area contributed by atoms with Crippen molar-refractivity contribution in [3.63, 3.8) is 0 Å². The van der Waals surface area contributed by atoms with Gasteiger partial charge in [-0.3, -0.25) is 0 Å². The molecule has 0 unspecified atom stereocenters. The number of rotatable bonds is 3. The first kappa shape index (κ1) is 10.7. The van der Waals surface area contributed by atoms with Gasteiger partial charge in [0.25, 0.3) is 0 Å². The number of nitrogens with zero attached hydrogens (tertiary/aromatic N) is 1. The van der Waals surface area contributed by atoms with Crippen LogP contribution in [0.5, 0.6) is 0 Å². The summed E-state index contributed by atoms with van der Waals surface area (Å²) in [5, 5.41) is 9.30. The van der Waals surface area contributed by atoms with Crippen LogP contribution in [0, 0.1) is 0 Å². The van der Waals surface area contributed by atoms with Crippen LogP contribution in [0.1, 0.15) is 21.7 Å². The van der Waals surface area contributed by atoms with Crippen LogP contribution in [0.2, 0.25) is 5.02 Å². The minimum atomic E-state index is -0.983. The van der Waals surface area contributed by atoms with Crippen molar-refractivity contribution in [3.8, 4) is 0 Å². The molecule has 0 saturated carbocycles. The van der Waals surface area contributed by atoms with E-state index < -0.39 is 5.97 Å². The van der Waals surface area contributed by atoms with Crippen LogP contribution in [0.3, 0.4) is 0 Å². The SMILES string of the molecule is O=C(O)c1cc(Cl)cc(Cc2ncc[nH]2)c1. The van der Waals surface area contributed by atoms with Crippen molar-refractivity contribution in [2.24, 2.45) is 0 Å². The number of carboxylic acid groups (broad SMARTS) is 1. The first-order valence-electron chi connectivity index (χ1n) is 4.66. The van der Waals surface area contributed by atoms with Crippen molar-refractivity contribution in [2.45, 2.75) is 6.42 Å². The number of H-pyrrole nitrogens is 1. The Morgan fingerprint density at radius 1 is 1.44 bits per heavy atom. The van der Waals surface area contributed by atoms with E-state index in [0.717, 1.165) is 11.4 Å². The number of imidazole rings is 1. The molecule has 0 radical (unpaired) electrons. The monoisotopic (exact) mass is 236 g/mol. The maximum Gasteiger partial charge on any atom is 0.335 e. The number of nitrogens with one attached hydrogen (secondary N) is 1. The molecule has 0 aliphatic rings. The Hall–Kier alpha value is -1.81. The predicted octanol–water partition coefficient (Wildman–Crippen LogP) is 2.35. The van der Waals surface area contributed by atoms with Crippen LogP contribution in [0.25, 0.3) is 0 Å². The van der Waals surface area contributed by atoms with Gasteiger partial charge in [-0.2, -0.15) is 0 Å². The number of aromatic amines is 1. The Labute approximate surface area is 96.9 Å². The molecule has 0 saturated heterocycles. The minimum Gasteiger partial charge on any atom is -0.478 e. The standard InChI is InChI=1S/C11H9ClN2O2/c12-9-4-7(3-8(6-9)11(15)16)5-10-13-1-2-14-10/h1-4,6H,5H2,(H,13,14)(H,15,16). The lowest BCUT2D eigenvalue weighted by molar-refractivity contribution is 0.0697. The van der Waals surface area contributed by atoms with Gasteiger partial charge in [-0.25, -0.2) is 9.78 Å². The number of carbonyl (C=O) groups is 1. The van der Waals surface area contributed by atoms with E-state index in [1.807, 2.05) is 0 Å². The van der Waals surface area contributed by atoms with Gasteiger partial charge in [-0.05, 0) is 23.8 Å². The molecule has 0 amide bonds. The molecule has 2 rings (SSSR count). The van der Waals surface area contributed by atoms with Gasteiger partial charge in [0.2, 0.25) is 0 Å². The lowest BCUT2D eigenvalue weighted by Gasteiger charge is -2.02. The minimum absolute atomic E-state index is 0.189. The van der Waals surface area contributed by atoms with Crippen LogP contribution in [-0.2, 0) is 6.42 Å². The van der Waals surface area contributed by atoms with Crippen LogP contribution >= 0.6 is 11.6 Å². The fraction of sp³-hybridized carbons (Fsp3) is 0.0909. The summed E-state index contributed by atoms with van der Waals surface area (Å²) >= 11 is 5.84. The quantitative estimate of drug-likeness (QED) is 0.860. The normalized spacial score (nSPS) is 10.3. The maximum atomic E-state index is 10.8. The molecule has 16 heavy (non-hydrogen) atoms. The highest BCUT2D eigenvalue weighted by molar-refractivity contribution is 6.31. The molecule has 2 N–H and O–H groups in total. The summed E-state index contributed by atoms with van der Waals surface area (Å²) in [6, 6.07) is 4.75. The summed E-state index contributed by atoms with van der Waals surface area (Å²) < 4.78 is 0. The molecule has 0 aliphatic heterocycles. The molecule has 0 aliphatic carbocycles. The molecule has 5 heteroatoms. The molecule has 4 nitrogen and oxygen atoms in total.